The largest absolute Gasteiger partial charge is 0.388 e. The van der Waals surface area contributed by atoms with Gasteiger partial charge in [-0.1, -0.05) is 89.2 Å². The Balaban J connectivity index is 1.74. The molecule has 1 heterocycles. The van der Waals surface area contributed by atoms with Gasteiger partial charge in [-0.25, -0.2) is 0 Å². The fraction of sp³-hybridized carbons (Fsp3) is 0.920. The molecule has 5 heteroatoms. The van der Waals surface area contributed by atoms with Gasteiger partial charge in [-0.2, -0.15) is 0 Å². The lowest BCUT2D eigenvalue weighted by atomic mass is 10.0. The fourth-order valence-electron chi connectivity index (χ4n) is 4.02. The third-order valence-corrected chi connectivity index (χ3v) is 6.00. The lowest BCUT2D eigenvalue weighted by Gasteiger charge is -2.20. The SMILES string of the molecule is C/C=C/CCCCCCCCCCCCCCCCOC[C@H](O)[C@@H]1OC[C@@H](O)[C@@H]1O. The molecule has 1 saturated heterocycles. The first-order valence-corrected chi connectivity index (χ1v) is 12.5. The van der Waals surface area contributed by atoms with Crippen molar-refractivity contribution in [3.63, 3.8) is 0 Å². The van der Waals surface area contributed by atoms with Crippen molar-refractivity contribution in [2.45, 2.75) is 128 Å². The topological polar surface area (TPSA) is 79.2 Å². The van der Waals surface area contributed by atoms with Gasteiger partial charge >= 0.3 is 0 Å². The Bertz CT molecular complexity index is 401. The van der Waals surface area contributed by atoms with Gasteiger partial charge in [0.2, 0.25) is 0 Å². The number of unbranched alkanes of at least 4 members (excludes halogenated alkanes) is 14. The molecule has 178 valence electrons. The maximum absolute atomic E-state index is 9.96. The van der Waals surface area contributed by atoms with Crippen LogP contribution in [-0.2, 0) is 9.47 Å². The van der Waals surface area contributed by atoms with Gasteiger partial charge in [0.25, 0.3) is 0 Å². The number of rotatable bonds is 20. The van der Waals surface area contributed by atoms with Gasteiger partial charge in [0, 0.05) is 6.61 Å². The van der Waals surface area contributed by atoms with Crippen molar-refractivity contribution in [3.05, 3.63) is 12.2 Å². The molecular formula is C25H48O5. The molecule has 1 rings (SSSR count). The average Bonchev–Trinajstić information content (AvgIpc) is 3.08. The number of aliphatic hydroxyl groups is 3. The highest BCUT2D eigenvalue weighted by Crippen LogP contribution is 2.18. The standard InChI is InChI=1S/C25H48O5/c1-2-3-4-5-6-7-8-9-10-11-12-13-14-15-16-17-18-19-29-20-23(27)25-24(28)22(26)21-30-25/h2-3,22-28H,4-21H2,1H3/b3-2+/t22-,23+,24+,25+/m1/s1. The van der Waals surface area contributed by atoms with Crippen LogP contribution in [0, 0.1) is 0 Å². The quantitative estimate of drug-likeness (QED) is 0.190. The molecular weight excluding hydrogens is 380 g/mol. The second-order valence-electron chi connectivity index (χ2n) is 8.81. The molecule has 0 bridgehead atoms. The van der Waals surface area contributed by atoms with E-state index in [0.29, 0.717) is 6.61 Å². The Morgan fingerprint density at radius 1 is 0.833 bits per heavy atom. The highest BCUT2D eigenvalue weighted by atomic mass is 16.5. The normalized spacial score (nSPS) is 22.9. The van der Waals surface area contributed by atoms with E-state index in [9.17, 15) is 15.3 Å². The van der Waals surface area contributed by atoms with E-state index >= 15 is 0 Å². The Labute approximate surface area is 184 Å². The molecule has 30 heavy (non-hydrogen) atoms. The van der Waals surface area contributed by atoms with E-state index in [4.69, 9.17) is 9.47 Å². The summed E-state index contributed by atoms with van der Waals surface area (Å²) < 4.78 is 10.7. The van der Waals surface area contributed by atoms with Crippen LogP contribution in [0.15, 0.2) is 12.2 Å². The van der Waals surface area contributed by atoms with Gasteiger partial charge in [-0.3, -0.25) is 0 Å². The van der Waals surface area contributed by atoms with Gasteiger partial charge < -0.3 is 24.8 Å². The van der Waals surface area contributed by atoms with Crippen LogP contribution in [-0.4, -0.2) is 59.6 Å². The second-order valence-corrected chi connectivity index (χ2v) is 8.81. The van der Waals surface area contributed by atoms with Gasteiger partial charge in [0.15, 0.2) is 0 Å². The lowest BCUT2D eigenvalue weighted by molar-refractivity contribution is -0.0813. The van der Waals surface area contributed by atoms with Crippen molar-refractivity contribution in [1.82, 2.24) is 0 Å². The summed E-state index contributed by atoms with van der Waals surface area (Å²) in [5.74, 6) is 0. The fourth-order valence-corrected chi connectivity index (χ4v) is 4.02. The number of hydrogen-bond donors (Lipinski definition) is 3. The smallest absolute Gasteiger partial charge is 0.114 e. The summed E-state index contributed by atoms with van der Waals surface area (Å²) in [6.45, 7) is 2.93. The van der Waals surface area contributed by atoms with Crippen LogP contribution in [0.3, 0.4) is 0 Å². The van der Waals surface area contributed by atoms with Gasteiger partial charge in [0.05, 0.1) is 13.2 Å². The molecule has 5 nitrogen and oxygen atoms in total. The Morgan fingerprint density at radius 2 is 1.33 bits per heavy atom. The molecule has 1 aliphatic heterocycles. The number of ether oxygens (including phenoxy) is 2. The van der Waals surface area contributed by atoms with Crippen LogP contribution in [0.1, 0.15) is 103 Å². The maximum Gasteiger partial charge on any atom is 0.114 e. The summed E-state index contributed by atoms with van der Waals surface area (Å²) in [6, 6.07) is 0. The van der Waals surface area contributed by atoms with Crippen molar-refractivity contribution >= 4 is 0 Å². The van der Waals surface area contributed by atoms with Crippen LogP contribution in [0.25, 0.3) is 0 Å². The third kappa shape index (κ3) is 13.8. The van der Waals surface area contributed by atoms with Gasteiger partial charge in [-0.05, 0) is 26.2 Å². The number of allylic oxidation sites excluding steroid dienone is 2. The van der Waals surface area contributed by atoms with Gasteiger partial charge in [0.1, 0.15) is 24.4 Å². The highest BCUT2D eigenvalue weighted by Gasteiger charge is 2.39. The van der Waals surface area contributed by atoms with E-state index in [2.05, 4.69) is 19.1 Å². The molecule has 0 saturated carbocycles. The molecule has 0 aromatic carbocycles. The van der Waals surface area contributed by atoms with Crippen LogP contribution in [0.5, 0.6) is 0 Å². The summed E-state index contributed by atoms with van der Waals surface area (Å²) in [7, 11) is 0. The summed E-state index contributed by atoms with van der Waals surface area (Å²) in [5.41, 5.74) is 0. The number of hydrogen-bond acceptors (Lipinski definition) is 5. The van der Waals surface area contributed by atoms with Crippen molar-refractivity contribution in [2.24, 2.45) is 0 Å². The molecule has 1 aliphatic rings. The molecule has 0 aliphatic carbocycles. The molecule has 0 spiro atoms. The third-order valence-electron chi connectivity index (χ3n) is 6.00. The first kappa shape index (κ1) is 27.6. The minimum atomic E-state index is -1.03. The molecule has 0 unspecified atom stereocenters. The van der Waals surface area contributed by atoms with Crippen LogP contribution in [0.2, 0.25) is 0 Å². The monoisotopic (exact) mass is 428 g/mol. The second kappa shape index (κ2) is 19.2. The Morgan fingerprint density at radius 3 is 1.80 bits per heavy atom. The van der Waals surface area contributed by atoms with Crippen LogP contribution in [0.4, 0.5) is 0 Å². The first-order chi connectivity index (χ1) is 14.7. The van der Waals surface area contributed by atoms with Crippen LogP contribution >= 0.6 is 0 Å². The maximum atomic E-state index is 9.96. The van der Waals surface area contributed by atoms with E-state index in [1.807, 2.05) is 0 Å². The average molecular weight is 429 g/mol. The predicted molar refractivity (Wildman–Crippen MR) is 123 cm³/mol. The molecule has 0 radical (unpaired) electrons. The number of aliphatic hydroxyl groups excluding tert-OH is 3. The Kier molecular flexibility index (Phi) is 17.7. The first-order valence-electron chi connectivity index (χ1n) is 12.5. The molecule has 3 N–H and O–H groups in total. The van der Waals surface area contributed by atoms with Gasteiger partial charge in [-0.15, -0.1) is 0 Å². The summed E-state index contributed by atoms with van der Waals surface area (Å²) in [5, 5.41) is 29.1. The van der Waals surface area contributed by atoms with E-state index in [0.717, 1.165) is 12.8 Å². The molecule has 0 aromatic rings. The zero-order valence-corrected chi connectivity index (χ0v) is 19.4. The van der Waals surface area contributed by atoms with E-state index in [1.165, 1.54) is 83.5 Å². The minimum Gasteiger partial charge on any atom is -0.388 e. The van der Waals surface area contributed by atoms with E-state index in [1.54, 1.807) is 0 Å². The summed E-state index contributed by atoms with van der Waals surface area (Å²) in [6.07, 6.45) is 20.6. The predicted octanol–water partition coefficient (Wildman–Crippen LogP) is 4.91. The molecule has 1 fully saturated rings. The van der Waals surface area contributed by atoms with E-state index < -0.39 is 24.4 Å². The Hall–Kier alpha value is -0.460. The van der Waals surface area contributed by atoms with E-state index in [-0.39, 0.29) is 13.2 Å². The summed E-state index contributed by atoms with van der Waals surface area (Å²) in [4.78, 5) is 0. The molecule has 0 amide bonds. The zero-order valence-electron chi connectivity index (χ0n) is 19.4. The van der Waals surface area contributed by atoms with Crippen LogP contribution < -0.4 is 0 Å². The van der Waals surface area contributed by atoms with Crippen molar-refractivity contribution < 1.29 is 24.8 Å². The molecule has 4 atom stereocenters. The lowest BCUT2D eigenvalue weighted by Crippen LogP contribution is -2.40. The summed E-state index contributed by atoms with van der Waals surface area (Å²) >= 11 is 0. The zero-order chi connectivity index (χ0) is 21.9. The molecule has 0 aromatic heterocycles. The van der Waals surface area contributed by atoms with Crippen molar-refractivity contribution in [1.29, 1.82) is 0 Å². The highest BCUT2D eigenvalue weighted by molar-refractivity contribution is 4.87. The minimum absolute atomic E-state index is 0.0697. The van der Waals surface area contributed by atoms with Crippen molar-refractivity contribution in [3.8, 4) is 0 Å². The van der Waals surface area contributed by atoms with Crippen molar-refractivity contribution in [2.75, 3.05) is 19.8 Å².